The highest BCUT2D eigenvalue weighted by Crippen LogP contribution is 2.31. The number of ether oxygens (including phenoxy) is 2. The van der Waals surface area contributed by atoms with Crippen LogP contribution in [0.4, 0.5) is 0 Å². The molecular weight excluding hydrogens is 264 g/mol. The predicted octanol–water partition coefficient (Wildman–Crippen LogP) is 2.28. The molecule has 1 aromatic carbocycles. The highest BCUT2D eigenvalue weighted by molar-refractivity contribution is 5.43. The van der Waals surface area contributed by atoms with Gasteiger partial charge >= 0.3 is 0 Å². The number of hydrogen-bond donors (Lipinski definition) is 1. The minimum Gasteiger partial charge on any atom is -0.490 e. The molecule has 1 unspecified atom stereocenters. The Bertz CT molecular complexity index is 462. The molecule has 1 aromatic rings. The van der Waals surface area contributed by atoms with Crippen molar-refractivity contribution < 1.29 is 9.47 Å². The van der Waals surface area contributed by atoms with Crippen molar-refractivity contribution in [2.45, 2.75) is 25.8 Å². The first-order valence-electron chi connectivity index (χ1n) is 8.10. The van der Waals surface area contributed by atoms with Crippen molar-refractivity contribution in [1.82, 2.24) is 10.2 Å². The fourth-order valence-corrected chi connectivity index (χ4v) is 3.31. The Morgan fingerprint density at radius 3 is 2.90 bits per heavy atom. The first-order valence-corrected chi connectivity index (χ1v) is 8.10. The Balaban J connectivity index is 1.63. The second kappa shape index (κ2) is 7.14. The maximum Gasteiger partial charge on any atom is 0.161 e. The van der Waals surface area contributed by atoms with E-state index in [2.05, 4.69) is 28.4 Å². The summed E-state index contributed by atoms with van der Waals surface area (Å²) in [6, 6.07) is 6.39. The number of rotatable bonds is 4. The largest absolute Gasteiger partial charge is 0.490 e. The van der Waals surface area contributed by atoms with Gasteiger partial charge in [0.1, 0.15) is 0 Å². The fourth-order valence-electron chi connectivity index (χ4n) is 3.31. The van der Waals surface area contributed by atoms with Gasteiger partial charge in [0.05, 0.1) is 13.2 Å². The normalized spacial score (nSPS) is 22.8. The summed E-state index contributed by atoms with van der Waals surface area (Å²) < 4.78 is 11.5. The molecule has 1 fully saturated rings. The van der Waals surface area contributed by atoms with Crippen molar-refractivity contribution in [3.63, 3.8) is 0 Å². The monoisotopic (exact) mass is 290 g/mol. The van der Waals surface area contributed by atoms with E-state index in [-0.39, 0.29) is 0 Å². The van der Waals surface area contributed by atoms with Crippen LogP contribution in [-0.2, 0) is 6.54 Å². The lowest BCUT2D eigenvalue weighted by Gasteiger charge is -2.32. The van der Waals surface area contributed by atoms with E-state index in [1.165, 1.54) is 31.5 Å². The van der Waals surface area contributed by atoms with Crippen molar-refractivity contribution >= 4 is 0 Å². The zero-order chi connectivity index (χ0) is 14.5. The van der Waals surface area contributed by atoms with Gasteiger partial charge in [-0.1, -0.05) is 6.07 Å². The highest BCUT2D eigenvalue weighted by Gasteiger charge is 2.20. The Morgan fingerprint density at radius 1 is 1.19 bits per heavy atom. The van der Waals surface area contributed by atoms with Crippen LogP contribution in [0.1, 0.15) is 24.8 Å². The summed E-state index contributed by atoms with van der Waals surface area (Å²) in [6.45, 7) is 6.03. The van der Waals surface area contributed by atoms with Crippen LogP contribution in [0.5, 0.6) is 11.5 Å². The van der Waals surface area contributed by atoms with Gasteiger partial charge in [0.15, 0.2) is 11.5 Å². The second-order valence-corrected chi connectivity index (χ2v) is 6.13. The van der Waals surface area contributed by atoms with E-state index in [1.807, 2.05) is 7.05 Å². The lowest BCUT2D eigenvalue weighted by atomic mass is 9.97. The molecule has 1 N–H and O–H groups in total. The van der Waals surface area contributed by atoms with Crippen LogP contribution < -0.4 is 14.8 Å². The van der Waals surface area contributed by atoms with Gasteiger partial charge in [-0.25, -0.2) is 0 Å². The maximum absolute atomic E-state index is 5.78. The van der Waals surface area contributed by atoms with Gasteiger partial charge in [0.2, 0.25) is 0 Å². The quantitative estimate of drug-likeness (QED) is 0.922. The molecule has 0 radical (unpaired) electrons. The van der Waals surface area contributed by atoms with Gasteiger partial charge < -0.3 is 14.8 Å². The fraction of sp³-hybridized carbons (Fsp3) is 0.647. The molecule has 0 saturated carbocycles. The zero-order valence-electron chi connectivity index (χ0n) is 12.9. The van der Waals surface area contributed by atoms with Gasteiger partial charge in [0, 0.05) is 19.5 Å². The molecule has 4 nitrogen and oxygen atoms in total. The molecule has 2 heterocycles. The minimum absolute atomic E-state index is 0.754. The molecule has 0 amide bonds. The molecule has 116 valence electrons. The average molecular weight is 290 g/mol. The van der Waals surface area contributed by atoms with Gasteiger partial charge in [-0.05, 0) is 56.6 Å². The van der Waals surface area contributed by atoms with Gasteiger partial charge in [-0.15, -0.1) is 0 Å². The molecule has 0 aromatic heterocycles. The van der Waals surface area contributed by atoms with Crippen LogP contribution >= 0.6 is 0 Å². The number of likely N-dealkylation sites (tertiary alicyclic amines) is 1. The van der Waals surface area contributed by atoms with Crippen LogP contribution in [-0.4, -0.2) is 44.8 Å². The van der Waals surface area contributed by atoms with Crippen molar-refractivity contribution in [2.24, 2.45) is 5.92 Å². The molecule has 2 aliphatic rings. The lowest BCUT2D eigenvalue weighted by Crippen LogP contribution is -2.38. The lowest BCUT2D eigenvalue weighted by molar-refractivity contribution is 0.166. The Kier molecular flexibility index (Phi) is 4.99. The van der Waals surface area contributed by atoms with E-state index < -0.39 is 0 Å². The number of nitrogens with zero attached hydrogens (tertiary/aromatic N) is 1. The molecule has 4 heteroatoms. The van der Waals surface area contributed by atoms with Crippen LogP contribution in [0.15, 0.2) is 18.2 Å². The third-order valence-corrected chi connectivity index (χ3v) is 4.31. The smallest absolute Gasteiger partial charge is 0.161 e. The van der Waals surface area contributed by atoms with E-state index >= 15 is 0 Å². The van der Waals surface area contributed by atoms with E-state index in [9.17, 15) is 0 Å². The van der Waals surface area contributed by atoms with Crippen LogP contribution in [0.2, 0.25) is 0 Å². The van der Waals surface area contributed by atoms with Gasteiger partial charge in [-0.3, -0.25) is 4.90 Å². The molecule has 0 aliphatic carbocycles. The molecule has 21 heavy (non-hydrogen) atoms. The number of piperidine rings is 1. The van der Waals surface area contributed by atoms with Crippen LogP contribution in [0.3, 0.4) is 0 Å². The van der Waals surface area contributed by atoms with Crippen molar-refractivity contribution in [1.29, 1.82) is 0 Å². The highest BCUT2D eigenvalue weighted by atomic mass is 16.5. The SMILES string of the molecule is CNCC1CCCN(Cc2ccc3c(c2)OCCCO3)C1. The van der Waals surface area contributed by atoms with Gasteiger partial charge in [-0.2, -0.15) is 0 Å². The van der Waals surface area contributed by atoms with Gasteiger partial charge in [0.25, 0.3) is 0 Å². The number of hydrogen-bond acceptors (Lipinski definition) is 4. The first kappa shape index (κ1) is 14.7. The van der Waals surface area contributed by atoms with E-state index in [1.54, 1.807) is 0 Å². The summed E-state index contributed by atoms with van der Waals surface area (Å²) in [5.74, 6) is 2.58. The van der Waals surface area contributed by atoms with E-state index in [4.69, 9.17) is 9.47 Å². The van der Waals surface area contributed by atoms with E-state index in [0.717, 1.165) is 50.1 Å². The Hall–Kier alpha value is -1.26. The average Bonchev–Trinajstić information content (AvgIpc) is 2.73. The van der Waals surface area contributed by atoms with Crippen LogP contribution in [0, 0.1) is 5.92 Å². The molecule has 0 spiro atoms. The summed E-state index contributed by atoms with van der Waals surface area (Å²) >= 11 is 0. The molecule has 1 atom stereocenters. The maximum atomic E-state index is 5.78. The Morgan fingerprint density at radius 2 is 2.05 bits per heavy atom. The third-order valence-electron chi connectivity index (χ3n) is 4.31. The number of nitrogens with one attached hydrogen (secondary N) is 1. The summed E-state index contributed by atoms with van der Waals surface area (Å²) in [7, 11) is 2.04. The zero-order valence-corrected chi connectivity index (χ0v) is 12.9. The minimum atomic E-state index is 0.754. The van der Waals surface area contributed by atoms with Crippen molar-refractivity contribution in [2.75, 3.05) is 39.9 Å². The molecular formula is C17H26N2O2. The third kappa shape index (κ3) is 3.89. The first-order chi connectivity index (χ1) is 10.3. The number of fused-ring (bicyclic) bond motifs is 1. The summed E-state index contributed by atoms with van der Waals surface area (Å²) in [5, 5.41) is 3.31. The predicted molar refractivity (Wildman–Crippen MR) is 84.0 cm³/mol. The summed E-state index contributed by atoms with van der Waals surface area (Å²) in [4.78, 5) is 2.56. The van der Waals surface area contributed by atoms with Crippen molar-refractivity contribution in [3.8, 4) is 11.5 Å². The van der Waals surface area contributed by atoms with Crippen molar-refractivity contribution in [3.05, 3.63) is 23.8 Å². The summed E-state index contributed by atoms with van der Waals surface area (Å²) in [6.07, 6.45) is 3.61. The molecule has 3 rings (SSSR count). The molecule has 1 saturated heterocycles. The topological polar surface area (TPSA) is 33.7 Å². The van der Waals surface area contributed by atoms with E-state index in [0.29, 0.717) is 0 Å². The summed E-state index contributed by atoms with van der Waals surface area (Å²) in [5.41, 5.74) is 1.32. The second-order valence-electron chi connectivity index (χ2n) is 6.13. The molecule has 0 bridgehead atoms. The number of benzene rings is 1. The molecule has 2 aliphatic heterocycles. The Labute approximate surface area is 127 Å². The standard InChI is InChI=1S/C17H26N2O2/c1-18-11-15-4-2-7-19(13-15)12-14-5-6-16-17(10-14)21-9-3-8-20-16/h5-6,10,15,18H,2-4,7-9,11-13H2,1H3. The van der Waals surface area contributed by atoms with Crippen LogP contribution in [0.25, 0.3) is 0 Å².